The van der Waals surface area contributed by atoms with E-state index in [4.69, 9.17) is 0 Å². The van der Waals surface area contributed by atoms with Gasteiger partial charge in [0.2, 0.25) is 0 Å². The van der Waals surface area contributed by atoms with Crippen LogP contribution in [0.2, 0.25) is 0 Å². The zero-order chi connectivity index (χ0) is 19.5. The van der Waals surface area contributed by atoms with Gasteiger partial charge in [-0.2, -0.15) is 5.10 Å². The Hall–Kier alpha value is -3.54. The van der Waals surface area contributed by atoms with Gasteiger partial charge in [0, 0.05) is 12.2 Å². The third-order valence-electron chi connectivity index (χ3n) is 4.57. The van der Waals surface area contributed by atoms with E-state index in [0.29, 0.717) is 12.2 Å². The van der Waals surface area contributed by atoms with Crippen LogP contribution < -0.4 is 5.32 Å². The minimum atomic E-state index is -0.211. The molecule has 0 aliphatic rings. The highest BCUT2D eigenvalue weighted by molar-refractivity contribution is 5.93. The average molecular weight is 371 g/mol. The maximum Gasteiger partial charge on any atom is 0.271 e. The quantitative estimate of drug-likeness (QED) is 0.584. The zero-order valence-corrected chi connectivity index (χ0v) is 15.9. The summed E-state index contributed by atoms with van der Waals surface area (Å²) in [6.07, 6.45) is 2.25. The van der Waals surface area contributed by atoms with Gasteiger partial charge in [0.25, 0.3) is 5.91 Å². The zero-order valence-electron chi connectivity index (χ0n) is 15.9. The highest BCUT2D eigenvalue weighted by atomic mass is 16.1. The van der Waals surface area contributed by atoms with Crippen LogP contribution in [0.3, 0.4) is 0 Å². The second-order valence-electron chi connectivity index (χ2n) is 6.76. The van der Waals surface area contributed by atoms with E-state index in [-0.39, 0.29) is 5.91 Å². The van der Waals surface area contributed by atoms with E-state index in [9.17, 15) is 4.79 Å². The Labute approximate surface area is 163 Å². The summed E-state index contributed by atoms with van der Waals surface area (Å²) < 4.78 is 1.93. The lowest BCUT2D eigenvalue weighted by Gasteiger charge is -2.08. The van der Waals surface area contributed by atoms with E-state index in [0.717, 1.165) is 40.1 Å². The first-order chi connectivity index (χ1) is 13.6. The molecule has 4 rings (SSSR count). The standard InChI is InChI=1S/C22H21N5O/c1-15-13-16(2)27(26-15)18-9-7-17(8-10-18)11-12-23-22(28)21-14-24-19-5-3-4-6-20(19)25-21/h3-10,13-14H,11-12H2,1-2H3,(H,23,28). The SMILES string of the molecule is Cc1cc(C)n(-c2ccc(CCNC(=O)c3cnc4ccccc4n3)cc2)n1. The number of aromatic nitrogens is 4. The predicted octanol–water partition coefficient (Wildman–Crippen LogP) is 3.40. The molecule has 0 spiro atoms. The smallest absolute Gasteiger partial charge is 0.271 e. The molecule has 1 N–H and O–H groups in total. The van der Waals surface area contributed by atoms with Crippen molar-refractivity contribution in [2.24, 2.45) is 0 Å². The molecule has 0 fully saturated rings. The Morgan fingerprint density at radius 1 is 1.04 bits per heavy atom. The Bertz CT molecular complexity index is 1130. The van der Waals surface area contributed by atoms with E-state index in [1.165, 1.54) is 6.20 Å². The molecular formula is C22H21N5O. The normalized spacial score (nSPS) is 10.9. The summed E-state index contributed by atoms with van der Waals surface area (Å²) in [6, 6.07) is 17.8. The second-order valence-corrected chi connectivity index (χ2v) is 6.76. The fourth-order valence-electron chi connectivity index (χ4n) is 3.17. The number of carbonyl (C=O) groups excluding carboxylic acids is 1. The largest absolute Gasteiger partial charge is 0.350 e. The Morgan fingerprint density at radius 2 is 1.79 bits per heavy atom. The van der Waals surface area contributed by atoms with Crippen molar-refractivity contribution in [2.45, 2.75) is 20.3 Å². The van der Waals surface area contributed by atoms with Crippen LogP contribution in [0.5, 0.6) is 0 Å². The number of amides is 1. The molecule has 2 heterocycles. The van der Waals surface area contributed by atoms with Crippen LogP contribution in [0.1, 0.15) is 27.4 Å². The van der Waals surface area contributed by atoms with Crippen molar-refractivity contribution in [3.05, 3.63) is 83.4 Å². The molecule has 0 aliphatic carbocycles. The van der Waals surface area contributed by atoms with Crippen molar-refractivity contribution in [3.8, 4) is 5.69 Å². The Balaban J connectivity index is 1.36. The van der Waals surface area contributed by atoms with Gasteiger partial charge in [-0.1, -0.05) is 24.3 Å². The highest BCUT2D eigenvalue weighted by Gasteiger charge is 2.09. The molecule has 2 aromatic carbocycles. The monoisotopic (exact) mass is 371 g/mol. The van der Waals surface area contributed by atoms with E-state index >= 15 is 0 Å². The van der Waals surface area contributed by atoms with Crippen LogP contribution in [0.15, 0.2) is 60.8 Å². The van der Waals surface area contributed by atoms with Crippen molar-refractivity contribution >= 4 is 16.9 Å². The van der Waals surface area contributed by atoms with Gasteiger partial charge in [0.1, 0.15) is 5.69 Å². The average Bonchev–Trinajstić information content (AvgIpc) is 3.06. The lowest BCUT2D eigenvalue weighted by molar-refractivity contribution is 0.0949. The maximum atomic E-state index is 12.3. The first-order valence-corrected chi connectivity index (χ1v) is 9.23. The van der Waals surface area contributed by atoms with Crippen molar-refractivity contribution in [3.63, 3.8) is 0 Å². The minimum absolute atomic E-state index is 0.211. The molecule has 1 amide bonds. The predicted molar refractivity (Wildman–Crippen MR) is 109 cm³/mol. The van der Waals surface area contributed by atoms with Crippen LogP contribution >= 0.6 is 0 Å². The summed E-state index contributed by atoms with van der Waals surface area (Å²) in [5.41, 5.74) is 6.12. The summed E-state index contributed by atoms with van der Waals surface area (Å²) in [7, 11) is 0. The molecule has 140 valence electrons. The van der Waals surface area contributed by atoms with Gasteiger partial charge in [-0.3, -0.25) is 9.78 Å². The Kier molecular flexibility index (Phi) is 4.85. The molecule has 0 saturated heterocycles. The van der Waals surface area contributed by atoms with Crippen LogP contribution in [0.4, 0.5) is 0 Å². The summed E-state index contributed by atoms with van der Waals surface area (Å²) >= 11 is 0. The molecule has 0 atom stereocenters. The molecule has 0 saturated carbocycles. The van der Waals surface area contributed by atoms with Gasteiger partial charge in [0.15, 0.2) is 0 Å². The van der Waals surface area contributed by atoms with Gasteiger partial charge in [-0.05, 0) is 56.2 Å². The van der Waals surface area contributed by atoms with E-state index in [1.54, 1.807) is 0 Å². The molecule has 0 aliphatic heterocycles. The van der Waals surface area contributed by atoms with Crippen LogP contribution in [-0.2, 0) is 6.42 Å². The molecule has 28 heavy (non-hydrogen) atoms. The minimum Gasteiger partial charge on any atom is -0.350 e. The lowest BCUT2D eigenvalue weighted by Crippen LogP contribution is -2.26. The topological polar surface area (TPSA) is 72.7 Å². The van der Waals surface area contributed by atoms with Crippen LogP contribution in [-0.4, -0.2) is 32.2 Å². The third-order valence-corrected chi connectivity index (χ3v) is 4.57. The number of rotatable bonds is 5. The summed E-state index contributed by atoms with van der Waals surface area (Å²) in [5, 5.41) is 7.41. The molecule has 0 unspecified atom stereocenters. The van der Waals surface area contributed by atoms with Crippen molar-refractivity contribution in [2.75, 3.05) is 6.54 Å². The first kappa shape index (κ1) is 17.9. The van der Waals surface area contributed by atoms with Crippen molar-refractivity contribution in [1.29, 1.82) is 0 Å². The van der Waals surface area contributed by atoms with E-state index < -0.39 is 0 Å². The van der Waals surface area contributed by atoms with Crippen molar-refractivity contribution in [1.82, 2.24) is 25.1 Å². The number of para-hydroxylation sites is 2. The number of nitrogens with zero attached hydrogens (tertiary/aromatic N) is 4. The molecule has 0 radical (unpaired) electrons. The van der Waals surface area contributed by atoms with Crippen LogP contribution in [0.25, 0.3) is 16.7 Å². The second kappa shape index (κ2) is 7.60. The van der Waals surface area contributed by atoms with Gasteiger partial charge < -0.3 is 5.32 Å². The maximum absolute atomic E-state index is 12.3. The number of fused-ring (bicyclic) bond motifs is 1. The van der Waals surface area contributed by atoms with Crippen molar-refractivity contribution < 1.29 is 4.79 Å². The molecule has 2 aromatic heterocycles. The van der Waals surface area contributed by atoms with Gasteiger partial charge in [-0.25, -0.2) is 9.67 Å². The number of nitrogens with one attached hydrogen (secondary N) is 1. The number of hydrogen-bond donors (Lipinski definition) is 1. The summed E-state index contributed by atoms with van der Waals surface area (Å²) in [6.45, 7) is 4.56. The first-order valence-electron chi connectivity index (χ1n) is 9.23. The molecular weight excluding hydrogens is 350 g/mol. The van der Waals surface area contributed by atoms with Gasteiger partial charge >= 0.3 is 0 Å². The van der Waals surface area contributed by atoms with Crippen LogP contribution in [0, 0.1) is 13.8 Å². The molecule has 6 heteroatoms. The third kappa shape index (κ3) is 3.76. The number of hydrogen-bond acceptors (Lipinski definition) is 4. The lowest BCUT2D eigenvalue weighted by atomic mass is 10.1. The summed E-state index contributed by atoms with van der Waals surface area (Å²) in [4.78, 5) is 21.0. The Morgan fingerprint density at radius 3 is 2.50 bits per heavy atom. The van der Waals surface area contributed by atoms with E-state index in [2.05, 4.69) is 38.6 Å². The fourth-order valence-corrected chi connectivity index (χ4v) is 3.17. The fraction of sp³-hybridized carbons (Fsp3) is 0.182. The van der Waals surface area contributed by atoms with Gasteiger partial charge in [0.05, 0.1) is 28.6 Å². The molecule has 0 bridgehead atoms. The summed E-state index contributed by atoms with van der Waals surface area (Å²) in [5.74, 6) is -0.211. The number of benzene rings is 2. The number of aryl methyl sites for hydroxylation is 2. The highest BCUT2D eigenvalue weighted by Crippen LogP contribution is 2.13. The molecule has 4 aromatic rings. The number of carbonyl (C=O) groups is 1. The molecule has 6 nitrogen and oxygen atoms in total. The van der Waals surface area contributed by atoms with E-state index in [1.807, 2.05) is 54.9 Å². The van der Waals surface area contributed by atoms with Gasteiger partial charge in [-0.15, -0.1) is 0 Å².